The van der Waals surface area contributed by atoms with E-state index in [1.54, 1.807) is 24.1 Å². The van der Waals surface area contributed by atoms with Gasteiger partial charge in [0.25, 0.3) is 5.91 Å². The lowest BCUT2D eigenvalue weighted by Gasteiger charge is -2.16. The number of nitrogens with zero attached hydrogens (tertiary/aromatic N) is 3. The number of rotatable bonds is 4. The molecule has 0 radical (unpaired) electrons. The highest BCUT2D eigenvalue weighted by Gasteiger charge is 2.15. The third kappa shape index (κ3) is 3.78. The van der Waals surface area contributed by atoms with Crippen LogP contribution in [0.2, 0.25) is 0 Å². The molecule has 0 spiro atoms. The minimum Gasteiger partial charge on any atom is -0.339 e. The molecule has 0 unspecified atom stereocenters. The molecule has 0 saturated carbocycles. The minimum absolute atomic E-state index is 0.206. The number of hydrogen-bond acceptors (Lipinski definition) is 4. The van der Waals surface area contributed by atoms with E-state index in [1.807, 2.05) is 54.6 Å². The summed E-state index contributed by atoms with van der Waals surface area (Å²) < 4.78 is 0.969. The summed E-state index contributed by atoms with van der Waals surface area (Å²) in [6, 6.07) is 20.5. The minimum atomic E-state index is -0.206. The molecule has 3 aromatic rings. The number of carbonyl (C=O) groups excluding carboxylic acids is 1. The van der Waals surface area contributed by atoms with Crippen molar-refractivity contribution in [3.05, 3.63) is 76.9 Å². The molecule has 3 rings (SSSR count). The van der Waals surface area contributed by atoms with Crippen molar-refractivity contribution in [2.45, 2.75) is 0 Å². The molecule has 1 amide bonds. The number of para-hydroxylation sites is 1. The molecule has 0 fully saturated rings. The quantitative estimate of drug-likeness (QED) is 0.732. The SMILES string of the molecule is CN(C(=O)c1ccc(Nc2cccc(Br)c2)nn1)c1ccccc1. The van der Waals surface area contributed by atoms with Crippen LogP contribution in [0.4, 0.5) is 17.2 Å². The van der Waals surface area contributed by atoms with Crippen LogP contribution in [0, 0.1) is 0 Å². The average Bonchev–Trinajstić information content (AvgIpc) is 2.62. The molecular formula is C18H15BrN4O. The number of nitrogens with one attached hydrogen (secondary N) is 1. The normalized spacial score (nSPS) is 10.2. The van der Waals surface area contributed by atoms with Gasteiger partial charge in [-0.05, 0) is 42.5 Å². The summed E-state index contributed by atoms with van der Waals surface area (Å²) in [7, 11) is 1.72. The number of anilines is 3. The highest BCUT2D eigenvalue weighted by atomic mass is 79.9. The van der Waals surface area contributed by atoms with E-state index in [0.717, 1.165) is 15.8 Å². The molecule has 0 atom stereocenters. The summed E-state index contributed by atoms with van der Waals surface area (Å²) in [5.41, 5.74) is 1.99. The number of hydrogen-bond donors (Lipinski definition) is 1. The summed E-state index contributed by atoms with van der Waals surface area (Å²) in [4.78, 5) is 14.0. The van der Waals surface area contributed by atoms with E-state index < -0.39 is 0 Å². The summed E-state index contributed by atoms with van der Waals surface area (Å²) in [6.45, 7) is 0. The Labute approximate surface area is 148 Å². The Morgan fingerprint density at radius 3 is 2.46 bits per heavy atom. The first-order valence-electron chi connectivity index (χ1n) is 7.33. The third-order valence-corrected chi connectivity index (χ3v) is 3.92. The van der Waals surface area contributed by atoms with Crippen molar-refractivity contribution >= 4 is 39.0 Å². The van der Waals surface area contributed by atoms with Crippen LogP contribution in [0.1, 0.15) is 10.5 Å². The van der Waals surface area contributed by atoms with Gasteiger partial charge in [0.1, 0.15) is 0 Å². The van der Waals surface area contributed by atoms with E-state index >= 15 is 0 Å². The fourth-order valence-corrected chi connectivity index (χ4v) is 2.57. The first-order valence-corrected chi connectivity index (χ1v) is 8.12. The molecule has 2 aromatic carbocycles. The van der Waals surface area contributed by atoms with Crippen molar-refractivity contribution in [3.63, 3.8) is 0 Å². The second kappa shape index (κ2) is 7.23. The van der Waals surface area contributed by atoms with Crippen molar-refractivity contribution in [2.75, 3.05) is 17.3 Å². The molecule has 0 bridgehead atoms. The van der Waals surface area contributed by atoms with Crippen LogP contribution in [0.5, 0.6) is 0 Å². The Bertz CT molecular complexity index is 837. The highest BCUT2D eigenvalue weighted by Crippen LogP contribution is 2.19. The van der Waals surface area contributed by atoms with Gasteiger partial charge in [-0.2, -0.15) is 0 Å². The number of carbonyl (C=O) groups is 1. The topological polar surface area (TPSA) is 58.1 Å². The van der Waals surface area contributed by atoms with Crippen LogP contribution in [0.25, 0.3) is 0 Å². The third-order valence-electron chi connectivity index (χ3n) is 3.43. The molecule has 1 aromatic heterocycles. The Balaban J connectivity index is 1.73. The zero-order valence-corrected chi connectivity index (χ0v) is 14.6. The monoisotopic (exact) mass is 382 g/mol. The summed E-state index contributed by atoms with van der Waals surface area (Å²) in [6.07, 6.45) is 0. The molecule has 1 N–H and O–H groups in total. The molecule has 0 saturated heterocycles. The molecule has 5 nitrogen and oxygen atoms in total. The lowest BCUT2D eigenvalue weighted by molar-refractivity contribution is 0.0987. The van der Waals surface area contributed by atoms with E-state index in [4.69, 9.17) is 0 Å². The van der Waals surface area contributed by atoms with E-state index in [2.05, 4.69) is 31.4 Å². The van der Waals surface area contributed by atoms with Crippen LogP contribution < -0.4 is 10.2 Å². The maximum absolute atomic E-state index is 12.5. The fraction of sp³-hybridized carbons (Fsp3) is 0.0556. The summed E-state index contributed by atoms with van der Waals surface area (Å²) in [5.74, 6) is 0.370. The van der Waals surface area contributed by atoms with Crippen molar-refractivity contribution < 1.29 is 4.79 Å². The number of halogens is 1. The predicted octanol–water partition coefficient (Wildman–Crippen LogP) is 4.26. The van der Waals surface area contributed by atoms with Crippen LogP contribution >= 0.6 is 15.9 Å². The largest absolute Gasteiger partial charge is 0.339 e. The molecule has 0 aliphatic heterocycles. The van der Waals surface area contributed by atoms with Gasteiger partial charge in [-0.15, -0.1) is 10.2 Å². The lowest BCUT2D eigenvalue weighted by Crippen LogP contribution is -2.27. The van der Waals surface area contributed by atoms with Gasteiger partial charge in [-0.3, -0.25) is 4.79 Å². The van der Waals surface area contributed by atoms with Gasteiger partial charge < -0.3 is 10.2 Å². The number of benzene rings is 2. The first kappa shape index (κ1) is 16.1. The fourth-order valence-electron chi connectivity index (χ4n) is 2.17. The second-order valence-electron chi connectivity index (χ2n) is 5.14. The number of aromatic nitrogens is 2. The Kier molecular flexibility index (Phi) is 4.86. The first-order chi connectivity index (χ1) is 11.6. The maximum atomic E-state index is 12.5. The summed E-state index contributed by atoms with van der Waals surface area (Å²) >= 11 is 3.42. The molecule has 120 valence electrons. The molecule has 0 aliphatic rings. The van der Waals surface area contributed by atoms with Gasteiger partial charge in [0.15, 0.2) is 11.5 Å². The van der Waals surface area contributed by atoms with Gasteiger partial charge in [0.2, 0.25) is 0 Å². The van der Waals surface area contributed by atoms with Gasteiger partial charge in [-0.1, -0.05) is 40.2 Å². The number of amides is 1. The van der Waals surface area contributed by atoms with E-state index in [1.165, 1.54) is 0 Å². The van der Waals surface area contributed by atoms with Crippen molar-refractivity contribution in [2.24, 2.45) is 0 Å². The van der Waals surface area contributed by atoms with Crippen molar-refractivity contribution in [1.82, 2.24) is 10.2 Å². The van der Waals surface area contributed by atoms with Crippen LogP contribution in [0.3, 0.4) is 0 Å². The summed E-state index contributed by atoms with van der Waals surface area (Å²) in [5, 5.41) is 11.2. The zero-order chi connectivity index (χ0) is 16.9. The Morgan fingerprint density at radius 1 is 1.00 bits per heavy atom. The highest BCUT2D eigenvalue weighted by molar-refractivity contribution is 9.10. The van der Waals surface area contributed by atoms with E-state index in [0.29, 0.717) is 11.5 Å². The standard InChI is InChI=1S/C18H15BrN4O/c1-23(15-8-3-2-4-9-15)18(24)16-10-11-17(22-21-16)20-14-7-5-6-13(19)12-14/h2-12H,1H3,(H,20,22). The predicted molar refractivity (Wildman–Crippen MR) is 98.6 cm³/mol. The van der Waals surface area contributed by atoms with Gasteiger partial charge in [0.05, 0.1) is 0 Å². The van der Waals surface area contributed by atoms with Crippen LogP contribution in [0.15, 0.2) is 71.2 Å². The smallest absolute Gasteiger partial charge is 0.278 e. The van der Waals surface area contributed by atoms with E-state index in [-0.39, 0.29) is 5.91 Å². The van der Waals surface area contributed by atoms with Gasteiger partial charge in [0, 0.05) is 22.9 Å². The zero-order valence-electron chi connectivity index (χ0n) is 13.0. The molecule has 1 heterocycles. The van der Waals surface area contributed by atoms with Crippen LogP contribution in [-0.2, 0) is 0 Å². The molecular weight excluding hydrogens is 368 g/mol. The Hall–Kier alpha value is -2.73. The average molecular weight is 383 g/mol. The maximum Gasteiger partial charge on any atom is 0.278 e. The van der Waals surface area contributed by atoms with E-state index in [9.17, 15) is 4.79 Å². The van der Waals surface area contributed by atoms with Gasteiger partial charge >= 0.3 is 0 Å². The lowest BCUT2D eigenvalue weighted by atomic mass is 10.2. The van der Waals surface area contributed by atoms with Crippen molar-refractivity contribution in [3.8, 4) is 0 Å². The Morgan fingerprint density at radius 2 is 1.79 bits per heavy atom. The molecule has 0 aliphatic carbocycles. The molecule has 24 heavy (non-hydrogen) atoms. The second-order valence-corrected chi connectivity index (χ2v) is 6.05. The van der Waals surface area contributed by atoms with Crippen molar-refractivity contribution in [1.29, 1.82) is 0 Å². The molecule has 6 heteroatoms. The van der Waals surface area contributed by atoms with Crippen LogP contribution in [-0.4, -0.2) is 23.2 Å². The van der Waals surface area contributed by atoms with Gasteiger partial charge in [-0.25, -0.2) is 0 Å².